The molecule has 1 N–H and O–H groups in total. The van der Waals surface area contributed by atoms with Gasteiger partial charge in [0.15, 0.2) is 0 Å². The van der Waals surface area contributed by atoms with Crippen LogP contribution in [0.4, 0.5) is 0 Å². The predicted molar refractivity (Wildman–Crippen MR) is 87.8 cm³/mol. The summed E-state index contributed by atoms with van der Waals surface area (Å²) in [6.45, 7) is 5.93. The Bertz CT molecular complexity index is 621. The first kappa shape index (κ1) is 14.2. The van der Waals surface area contributed by atoms with Crippen LogP contribution in [0.25, 0.3) is 11.1 Å². The van der Waals surface area contributed by atoms with Gasteiger partial charge in [0, 0.05) is 11.6 Å². The Morgan fingerprint density at radius 3 is 2.81 bits per heavy atom. The predicted octanol–water partition coefficient (Wildman–Crippen LogP) is 4.35. The van der Waals surface area contributed by atoms with Gasteiger partial charge in [-0.2, -0.15) is 0 Å². The van der Waals surface area contributed by atoms with E-state index in [-0.39, 0.29) is 0 Å². The second kappa shape index (κ2) is 6.31. The van der Waals surface area contributed by atoms with Crippen LogP contribution in [-0.4, -0.2) is 13.2 Å². The quantitative estimate of drug-likeness (QED) is 0.879. The molecule has 110 valence electrons. The Morgan fingerprint density at radius 1 is 1.14 bits per heavy atom. The highest BCUT2D eigenvalue weighted by molar-refractivity contribution is 5.71. The van der Waals surface area contributed by atoms with E-state index in [0.717, 1.165) is 18.7 Å². The van der Waals surface area contributed by atoms with E-state index in [2.05, 4.69) is 42.6 Å². The van der Waals surface area contributed by atoms with Crippen LogP contribution in [0.2, 0.25) is 0 Å². The van der Waals surface area contributed by atoms with Gasteiger partial charge in [0.1, 0.15) is 5.75 Å². The van der Waals surface area contributed by atoms with E-state index >= 15 is 0 Å². The molecule has 0 aliphatic heterocycles. The summed E-state index contributed by atoms with van der Waals surface area (Å²) in [5.74, 6) is 0.973. The molecule has 1 aliphatic rings. The van der Waals surface area contributed by atoms with Crippen LogP contribution in [0.3, 0.4) is 0 Å². The normalized spacial score (nSPS) is 16.8. The van der Waals surface area contributed by atoms with Gasteiger partial charge in [0.25, 0.3) is 0 Å². The van der Waals surface area contributed by atoms with Crippen molar-refractivity contribution < 1.29 is 4.74 Å². The molecule has 2 nitrogen and oxygen atoms in total. The summed E-state index contributed by atoms with van der Waals surface area (Å²) in [4.78, 5) is 0. The molecule has 0 saturated heterocycles. The summed E-state index contributed by atoms with van der Waals surface area (Å²) >= 11 is 0. The molecule has 2 aromatic rings. The third-order valence-electron chi connectivity index (χ3n) is 4.17. The van der Waals surface area contributed by atoms with Crippen molar-refractivity contribution >= 4 is 0 Å². The van der Waals surface area contributed by atoms with E-state index in [0.29, 0.717) is 12.6 Å². The van der Waals surface area contributed by atoms with E-state index < -0.39 is 0 Å². The molecule has 2 heteroatoms. The lowest BCUT2D eigenvalue weighted by atomic mass is 9.99. The fourth-order valence-corrected chi connectivity index (χ4v) is 3.23. The monoisotopic (exact) mass is 281 g/mol. The lowest BCUT2D eigenvalue weighted by molar-refractivity contribution is 0.341. The molecule has 0 aromatic heterocycles. The molecule has 0 spiro atoms. The van der Waals surface area contributed by atoms with E-state index in [9.17, 15) is 0 Å². The van der Waals surface area contributed by atoms with Gasteiger partial charge in [-0.25, -0.2) is 0 Å². The summed E-state index contributed by atoms with van der Waals surface area (Å²) in [7, 11) is 0. The highest BCUT2D eigenvalue weighted by Crippen LogP contribution is 2.36. The first-order chi connectivity index (χ1) is 10.3. The molecule has 2 aromatic carbocycles. The zero-order valence-corrected chi connectivity index (χ0v) is 12.9. The van der Waals surface area contributed by atoms with Crippen molar-refractivity contribution in [2.75, 3.05) is 13.2 Å². The second-order valence-electron chi connectivity index (χ2n) is 5.49. The average Bonchev–Trinajstić information content (AvgIpc) is 2.91. The highest BCUT2D eigenvalue weighted by Gasteiger charge is 2.22. The fourth-order valence-electron chi connectivity index (χ4n) is 3.23. The van der Waals surface area contributed by atoms with E-state index in [1.165, 1.54) is 28.7 Å². The third-order valence-corrected chi connectivity index (χ3v) is 4.17. The molecule has 21 heavy (non-hydrogen) atoms. The Labute approximate surface area is 127 Å². The number of para-hydroxylation sites is 1. The number of ether oxygens (including phenoxy) is 1. The molecule has 3 rings (SSSR count). The standard InChI is InChI=1S/C19H23NO/c1-3-20-18-12-10-14-13-15(9-11-16(14)18)17-7-5-6-8-19(17)21-4-2/h5-9,11,13,18,20H,3-4,10,12H2,1-2H3. The molecular weight excluding hydrogens is 258 g/mol. The maximum absolute atomic E-state index is 5.76. The average molecular weight is 281 g/mol. The topological polar surface area (TPSA) is 21.3 Å². The zero-order valence-electron chi connectivity index (χ0n) is 12.9. The molecule has 1 atom stereocenters. The van der Waals surface area contributed by atoms with Crippen LogP contribution in [0, 0.1) is 0 Å². The van der Waals surface area contributed by atoms with Crippen molar-refractivity contribution in [3.05, 3.63) is 53.6 Å². The first-order valence-electron chi connectivity index (χ1n) is 7.92. The van der Waals surface area contributed by atoms with Gasteiger partial charge in [-0.15, -0.1) is 0 Å². The SMILES string of the molecule is CCNC1CCc2cc(-c3ccccc3OCC)ccc21. The number of hydrogen-bond donors (Lipinski definition) is 1. The maximum atomic E-state index is 5.76. The summed E-state index contributed by atoms with van der Waals surface area (Å²) in [6.07, 6.45) is 2.37. The largest absolute Gasteiger partial charge is 0.493 e. The molecule has 1 aliphatic carbocycles. The van der Waals surface area contributed by atoms with Gasteiger partial charge in [-0.05, 0) is 49.1 Å². The molecule has 1 unspecified atom stereocenters. The zero-order chi connectivity index (χ0) is 14.7. The number of benzene rings is 2. The van der Waals surface area contributed by atoms with Crippen LogP contribution in [0.1, 0.15) is 37.4 Å². The minimum Gasteiger partial charge on any atom is -0.493 e. The van der Waals surface area contributed by atoms with Crippen LogP contribution < -0.4 is 10.1 Å². The van der Waals surface area contributed by atoms with Crippen molar-refractivity contribution in [3.63, 3.8) is 0 Å². The van der Waals surface area contributed by atoms with Gasteiger partial charge in [0.05, 0.1) is 6.61 Å². The van der Waals surface area contributed by atoms with Crippen molar-refractivity contribution in [1.82, 2.24) is 5.32 Å². The van der Waals surface area contributed by atoms with Crippen LogP contribution in [0.5, 0.6) is 5.75 Å². The Hall–Kier alpha value is -1.80. The molecule has 0 radical (unpaired) electrons. The van der Waals surface area contributed by atoms with Gasteiger partial charge in [-0.3, -0.25) is 0 Å². The van der Waals surface area contributed by atoms with Gasteiger partial charge in [0.2, 0.25) is 0 Å². The number of hydrogen-bond acceptors (Lipinski definition) is 2. The van der Waals surface area contributed by atoms with E-state index in [1.54, 1.807) is 0 Å². The fraction of sp³-hybridized carbons (Fsp3) is 0.368. The van der Waals surface area contributed by atoms with E-state index in [1.807, 2.05) is 19.1 Å². The van der Waals surface area contributed by atoms with Crippen LogP contribution >= 0.6 is 0 Å². The second-order valence-corrected chi connectivity index (χ2v) is 5.49. The number of fused-ring (bicyclic) bond motifs is 1. The highest BCUT2D eigenvalue weighted by atomic mass is 16.5. The molecular formula is C19H23NO. The smallest absolute Gasteiger partial charge is 0.127 e. The third kappa shape index (κ3) is 2.81. The summed E-state index contributed by atoms with van der Waals surface area (Å²) in [5.41, 5.74) is 5.39. The molecule has 0 fully saturated rings. The van der Waals surface area contributed by atoms with Crippen molar-refractivity contribution in [3.8, 4) is 16.9 Å². The van der Waals surface area contributed by atoms with Crippen molar-refractivity contribution in [1.29, 1.82) is 0 Å². The van der Waals surface area contributed by atoms with Gasteiger partial charge < -0.3 is 10.1 Å². The van der Waals surface area contributed by atoms with Gasteiger partial charge >= 0.3 is 0 Å². The first-order valence-corrected chi connectivity index (χ1v) is 7.92. The van der Waals surface area contributed by atoms with Crippen LogP contribution in [-0.2, 0) is 6.42 Å². The van der Waals surface area contributed by atoms with Crippen molar-refractivity contribution in [2.45, 2.75) is 32.7 Å². The molecule has 0 bridgehead atoms. The molecule has 0 saturated carbocycles. The van der Waals surface area contributed by atoms with Crippen LogP contribution in [0.15, 0.2) is 42.5 Å². The number of nitrogens with one attached hydrogen (secondary N) is 1. The lowest BCUT2D eigenvalue weighted by Gasteiger charge is -2.14. The lowest BCUT2D eigenvalue weighted by Crippen LogP contribution is -2.18. The minimum atomic E-state index is 0.529. The number of rotatable bonds is 5. The molecule has 0 amide bonds. The van der Waals surface area contributed by atoms with Gasteiger partial charge in [-0.1, -0.05) is 43.3 Å². The minimum absolute atomic E-state index is 0.529. The van der Waals surface area contributed by atoms with Crippen molar-refractivity contribution in [2.24, 2.45) is 0 Å². The Kier molecular flexibility index (Phi) is 4.26. The summed E-state index contributed by atoms with van der Waals surface area (Å²) in [5, 5.41) is 3.57. The summed E-state index contributed by atoms with van der Waals surface area (Å²) < 4.78 is 5.76. The Morgan fingerprint density at radius 2 is 2.00 bits per heavy atom. The Balaban J connectivity index is 1.95. The molecule has 0 heterocycles. The maximum Gasteiger partial charge on any atom is 0.127 e. The number of aryl methyl sites for hydroxylation is 1. The van der Waals surface area contributed by atoms with E-state index in [4.69, 9.17) is 4.74 Å². The summed E-state index contributed by atoms with van der Waals surface area (Å²) in [6, 6.07) is 15.7.